The third-order valence-corrected chi connectivity index (χ3v) is 3.26. The average Bonchev–Trinajstić information content (AvgIpc) is 2.29. The molecule has 0 spiro atoms. The van der Waals surface area contributed by atoms with Crippen LogP contribution in [0, 0.1) is 6.92 Å². The highest BCUT2D eigenvalue weighted by molar-refractivity contribution is 9.09. The minimum atomic E-state index is 0.590. The summed E-state index contributed by atoms with van der Waals surface area (Å²) in [4.78, 5) is 6.88. The number of pyridine rings is 1. The third-order valence-electron chi connectivity index (χ3n) is 2.90. The predicted molar refractivity (Wildman–Crippen MR) is 74.5 cm³/mol. The maximum absolute atomic E-state index is 4.48. The van der Waals surface area contributed by atoms with Gasteiger partial charge in [0.2, 0.25) is 0 Å². The Bertz CT molecular complexity index is 311. The molecule has 0 bridgehead atoms. The van der Waals surface area contributed by atoms with Crippen molar-refractivity contribution in [2.45, 2.75) is 39.7 Å². The van der Waals surface area contributed by atoms with E-state index in [-0.39, 0.29) is 0 Å². The molecule has 1 aromatic rings. The Hall–Kier alpha value is -0.570. The summed E-state index contributed by atoms with van der Waals surface area (Å²) in [6, 6.07) is 4.80. The summed E-state index contributed by atoms with van der Waals surface area (Å²) in [6.07, 6.45) is 4.23. The molecule has 0 saturated carbocycles. The summed E-state index contributed by atoms with van der Waals surface area (Å²) >= 11 is 3.52. The van der Waals surface area contributed by atoms with Crippen LogP contribution in [0.4, 0.5) is 5.82 Å². The zero-order valence-corrected chi connectivity index (χ0v) is 12.0. The molecule has 1 aromatic heterocycles. The van der Waals surface area contributed by atoms with Crippen molar-refractivity contribution in [1.82, 2.24) is 4.98 Å². The van der Waals surface area contributed by atoms with Gasteiger partial charge >= 0.3 is 0 Å². The van der Waals surface area contributed by atoms with Gasteiger partial charge in [-0.2, -0.15) is 0 Å². The van der Waals surface area contributed by atoms with Gasteiger partial charge in [0.05, 0.1) is 0 Å². The molecule has 0 saturated heterocycles. The van der Waals surface area contributed by atoms with Crippen LogP contribution < -0.4 is 4.90 Å². The van der Waals surface area contributed by atoms with Crippen molar-refractivity contribution in [2.75, 3.05) is 16.8 Å². The van der Waals surface area contributed by atoms with Crippen LogP contribution in [0.5, 0.6) is 0 Å². The standard InChI is InChI=1S/C13H21BrN2/c1-4-12(5-2)16(9-7-14)13-10-11(3)6-8-15-13/h6,8,10,12H,4-5,7,9H2,1-3H3. The predicted octanol–water partition coefficient (Wildman–Crippen LogP) is 3.78. The maximum atomic E-state index is 4.48. The lowest BCUT2D eigenvalue weighted by atomic mass is 10.1. The van der Waals surface area contributed by atoms with Gasteiger partial charge in [0.15, 0.2) is 0 Å². The van der Waals surface area contributed by atoms with Crippen molar-refractivity contribution in [2.24, 2.45) is 0 Å². The van der Waals surface area contributed by atoms with Crippen LogP contribution in [-0.4, -0.2) is 22.9 Å². The Morgan fingerprint density at radius 3 is 2.56 bits per heavy atom. The molecule has 1 rings (SSSR count). The Labute approximate surface area is 107 Å². The first-order valence-corrected chi connectivity index (χ1v) is 7.10. The number of aromatic nitrogens is 1. The van der Waals surface area contributed by atoms with E-state index in [1.54, 1.807) is 0 Å². The van der Waals surface area contributed by atoms with Crippen LogP contribution in [0.1, 0.15) is 32.3 Å². The minimum absolute atomic E-state index is 0.590. The molecular formula is C13H21BrN2. The Kier molecular flexibility index (Phi) is 5.81. The van der Waals surface area contributed by atoms with Gasteiger partial charge in [0.25, 0.3) is 0 Å². The van der Waals surface area contributed by atoms with Gasteiger partial charge in [-0.1, -0.05) is 29.8 Å². The average molecular weight is 285 g/mol. The van der Waals surface area contributed by atoms with Gasteiger partial charge in [-0.3, -0.25) is 0 Å². The van der Waals surface area contributed by atoms with E-state index in [0.717, 1.165) is 17.7 Å². The smallest absolute Gasteiger partial charge is 0.129 e. The molecule has 0 aliphatic heterocycles. The fourth-order valence-electron chi connectivity index (χ4n) is 1.98. The summed E-state index contributed by atoms with van der Waals surface area (Å²) in [7, 11) is 0. The summed E-state index contributed by atoms with van der Waals surface area (Å²) in [5.74, 6) is 1.10. The highest BCUT2D eigenvalue weighted by atomic mass is 79.9. The zero-order valence-electron chi connectivity index (χ0n) is 10.4. The van der Waals surface area contributed by atoms with E-state index >= 15 is 0 Å². The molecule has 0 aliphatic rings. The van der Waals surface area contributed by atoms with Gasteiger partial charge in [-0.05, 0) is 37.5 Å². The normalized spacial score (nSPS) is 10.8. The highest BCUT2D eigenvalue weighted by Crippen LogP contribution is 2.19. The van der Waals surface area contributed by atoms with Crippen LogP contribution in [0.3, 0.4) is 0 Å². The number of aryl methyl sites for hydroxylation is 1. The summed E-state index contributed by atoms with van der Waals surface area (Å²) in [5, 5.41) is 0.985. The molecule has 0 amide bonds. The van der Waals surface area contributed by atoms with Crippen molar-refractivity contribution in [3.8, 4) is 0 Å². The van der Waals surface area contributed by atoms with Crippen molar-refractivity contribution in [1.29, 1.82) is 0 Å². The summed E-state index contributed by atoms with van der Waals surface area (Å²) < 4.78 is 0. The molecule has 2 nitrogen and oxygen atoms in total. The molecule has 1 heterocycles. The van der Waals surface area contributed by atoms with Gasteiger partial charge in [0, 0.05) is 24.1 Å². The molecule has 3 heteroatoms. The lowest BCUT2D eigenvalue weighted by Gasteiger charge is -2.31. The number of rotatable bonds is 6. The quantitative estimate of drug-likeness (QED) is 0.739. The number of hydrogen-bond acceptors (Lipinski definition) is 2. The number of halogens is 1. The van der Waals surface area contributed by atoms with Crippen molar-refractivity contribution < 1.29 is 0 Å². The van der Waals surface area contributed by atoms with Gasteiger partial charge in [-0.15, -0.1) is 0 Å². The monoisotopic (exact) mass is 284 g/mol. The maximum Gasteiger partial charge on any atom is 0.129 e. The van der Waals surface area contributed by atoms with Crippen LogP contribution >= 0.6 is 15.9 Å². The first-order chi connectivity index (χ1) is 7.72. The Balaban J connectivity index is 2.91. The summed E-state index contributed by atoms with van der Waals surface area (Å²) in [6.45, 7) is 7.61. The zero-order chi connectivity index (χ0) is 12.0. The van der Waals surface area contributed by atoms with Crippen molar-refractivity contribution >= 4 is 21.7 Å². The molecular weight excluding hydrogens is 264 g/mol. The van der Waals surface area contributed by atoms with Crippen molar-refractivity contribution in [3.05, 3.63) is 23.9 Å². The summed E-state index contributed by atoms with van der Waals surface area (Å²) in [5.41, 5.74) is 1.27. The Morgan fingerprint density at radius 2 is 2.06 bits per heavy atom. The van der Waals surface area contributed by atoms with E-state index in [0.29, 0.717) is 6.04 Å². The first kappa shape index (κ1) is 13.5. The molecule has 16 heavy (non-hydrogen) atoms. The fraction of sp³-hybridized carbons (Fsp3) is 0.615. The van der Waals surface area contributed by atoms with E-state index in [9.17, 15) is 0 Å². The number of hydrogen-bond donors (Lipinski definition) is 0. The lowest BCUT2D eigenvalue weighted by molar-refractivity contribution is 0.563. The van der Waals surface area contributed by atoms with Gasteiger partial charge < -0.3 is 4.90 Å². The lowest BCUT2D eigenvalue weighted by Crippen LogP contribution is -2.36. The second kappa shape index (κ2) is 6.89. The van der Waals surface area contributed by atoms with Gasteiger partial charge in [-0.25, -0.2) is 4.98 Å². The van der Waals surface area contributed by atoms with E-state index in [2.05, 4.69) is 52.7 Å². The van der Waals surface area contributed by atoms with Crippen LogP contribution in [0.15, 0.2) is 18.3 Å². The molecule has 90 valence electrons. The molecule has 0 atom stereocenters. The molecule has 0 fully saturated rings. The molecule has 0 aliphatic carbocycles. The molecule has 0 radical (unpaired) electrons. The highest BCUT2D eigenvalue weighted by Gasteiger charge is 2.15. The first-order valence-electron chi connectivity index (χ1n) is 5.98. The van der Waals surface area contributed by atoms with E-state index in [1.165, 1.54) is 18.4 Å². The minimum Gasteiger partial charge on any atom is -0.353 e. The number of nitrogens with zero attached hydrogens (tertiary/aromatic N) is 2. The van der Waals surface area contributed by atoms with Crippen molar-refractivity contribution in [3.63, 3.8) is 0 Å². The van der Waals surface area contributed by atoms with Gasteiger partial charge in [0.1, 0.15) is 5.82 Å². The largest absolute Gasteiger partial charge is 0.353 e. The van der Waals surface area contributed by atoms with E-state index in [1.807, 2.05) is 12.3 Å². The topological polar surface area (TPSA) is 16.1 Å². The Morgan fingerprint density at radius 1 is 1.38 bits per heavy atom. The van der Waals surface area contributed by atoms with Crippen LogP contribution in [-0.2, 0) is 0 Å². The molecule has 0 N–H and O–H groups in total. The number of anilines is 1. The second-order valence-corrected chi connectivity index (χ2v) is 4.84. The van der Waals surface area contributed by atoms with Crippen LogP contribution in [0.2, 0.25) is 0 Å². The number of alkyl halides is 1. The fourth-order valence-corrected chi connectivity index (χ4v) is 2.36. The van der Waals surface area contributed by atoms with E-state index < -0.39 is 0 Å². The molecule has 0 unspecified atom stereocenters. The van der Waals surface area contributed by atoms with Crippen LogP contribution in [0.25, 0.3) is 0 Å². The second-order valence-electron chi connectivity index (χ2n) is 4.04. The molecule has 0 aromatic carbocycles. The van der Waals surface area contributed by atoms with E-state index in [4.69, 9.17) is 0 Å². The third kappa shape index (κ3) is 3.48. The SMILES string of the molecule is CCC(CC)N(CCBr)c1cc(C)ccn1.